The van der Waals surface area contributed by atoms with Crippen molar-refractivity contribution < 1.29 is 0 Å². The summed E-state index contributed by atoms with van der Waals surface area (Å²) in [4.78, 5) is 8.13. The second-order valence-corrected chi connectivity index (χ2v) is 14.3. The molecule has 0 radical (unpaired) electrons. The van der Waals surface area contributed by atoms with Gasteiger partial charge in [0.1, 0.15) is 5.65 Å². The molecule has 53 heavy (non-hydrogen) atoms. The highest BCUT2D eigenvalue weighted by atomic mass is 15.2. The SMILES string of the molecule is c1ccc(N(c2ccccc2)c2cc3ccccc3c3c4cccc5c6cc7c(nc6n(c23)c54)c2cccc3c4c5ccccc5ccc4n7c23)cc1. The van der Waals surface area contributed by atoms with Crippen molar-refractivity contribution in [3.05, 3.63) is 170 Å². The first-order valence-electron chi connectivity index (χ1n) is 18.2. The quantitative estimate of drug-likeness (QED) is 0.187. The van der Waals surface area contributed by atoms with Crippen LogP contribution in [0, 0.1) is 0 Å². The molecule has 0 saturated carbocycles. The standard InChI is InChI=1S/C49H28N4/c1-3-15-31(16-4-1)51(32-17-5-2-6-18-32)42-27-30-14-8-10-20-34(30)44-37-23-11-21-35-39-28-41-45(50-49(39)53(46(35)37)48(42)44)38-24-12-22-36-43-33-19-9-7-13-29(33)25-26-40(43)52(41)47(36)38/h1-28H. The van der Waals surface area contributed by atoms with Gasteiger partial charge in [0, 0.05) is 49.1 Å². The van der Waals surface area contributed by atoms with Crippen LogP contribution in [0.3, 0.4) is 0 Å². The number of benzene rings is 8. The molecule has 0 saturated heterocycles. The van der Waals surface area contributed by atoms with Gasteiger partial charge in [0.2, 0.25) is 0 Å². The summed E-state index contributed by atoms with van der Waals surface area (Å²) in [6, 6.07) is 61.9. The lowest BCUT2D eigenvalue weighted by Gasteiger charge is -2.27. The summed E-state index contributed by atoms with van der Waals surface area (Å²) in [6.45, 7) is 0. The Morgan fingerprint density at radius 1 is 0.377 bits per heavy atom. The Balaban J connectivity index is 1.24. The van der Waals surface area contributed by atoms with Crippen LogP contribution in [0.5, 0.6) is 0 Å². The molecule has 0 spiro atoms. The predicted molar refractivity (Wildman–Crippen MR) is 223 cm³/mol. The highest BCUT2D eigenvalue weighted by molar-refractivity contribution is 6.33. The summed E-state index contributed by atoms with van der Waals surface area (Å²) in [5, 5.41) is 13.7. The molecule has 8 aromatic carbocycles. The zero-order valence-corrected chi connectivity index (χ0v) is 28.5. The molecule has 0 fully saturated rings. The first-order valence-corrected chi connectivity index (χ1v) is 18.2. The first kappa shape index (κ1) is 27.5. The van der Waals surface area contributed by atoms with Crippen LogP contribution >= 0.6 is 0 Å². The second kappa shape index (κ2) is 9.78. The molecule has 0 aliphatic rings. The minimum atomic E-state index is 0.986. The van der Waals surface area contributed by atoms with Gasteiger partial charge in [-0.3, -0.25) is 4.40 Å². The molecule has 4 heteroatoms. The Hall–Kier alpha value is -7.17. The van der Waals surface area contributed by atoms with Gasteiger partial charge in [-0.1, -0.05) is 127 Å². The van der Waals surface area contributed by atoms with Gasteiger partial charge >= 0.3 is 0 Å². The predicted octanol–water partition coefficient (Wildman–Crippen LogP) is 13.2. The van der Waals surface area contributed by atoms with E-state index in [9.17, 15) is 0 Å². The van der Waals surface area contributed by atoms with Gasteiger partial charge in [0.05, 0.1) is 38.8 Å². The van der Waals surface area contributed by atoms with Crippen molar-refractivity contribution in [2.45, 2.75) is 0 Å². The Labute approximate surface area is 302 Å². The minimum Gasteiger partial charge on any atom is -0.308 e. The molecule has 4 nitrogen and oxygen atoms in total. The van der Waals surface area contributed by atoms with Gasteiger partial charge in [-0.15, -0.1) is 0 Å². The number of hydrogen-bond acceptors (Lipinski definition) is 2. The summed E-state index contributed by atoms with van der Waals surface area (Å²) < 4.78 is 4.93. The lowest BCUT2D eigenvalue weighted by molar-refractivity contribution is 1.25. The fraction of sp³-hybridized carbons (Fsp3) is 0. The number of fused-ring (bicyclic) bond motifs is 16. The third kappa shape index (κ3) is 3.39. The zero-order chi connectivity index (χ0) is 34.4. The van der Waals surface area contributed by atoms with Crippen molar-refractivity contribution in [1.82, 2.24) is 13.8 Å². The summed E-state index contributed by atoms with van der Waals surface area (Å²) in [7, 11) is 0. The Morgan fingerprint density at radius 2 is 0.962 bits per heavy atom. The Kier molecular flexibility index (Phi) is 5.08. The molecule has 0 N–H and O–H groups in total. The van der Waals surface area contributed by atoms with Gasteiger partial charge < -0.3 is 9.30 Å². The van der Waals surface area contributed by atoms with Crippen molar-refractivity contribution in [3.8, 4) is 0 Å². The third-order valence-corrected chi connectivity index (χ3v) is 11.7. The smallest absolute Gasteiger partial charge is 0.146 e. The van der Waals surface area contributed by atoms with E-state index in [0.717, 1.165) is 39.3 Å². The maximum atomic E-state index is 5.73. The summed E-state index contributed by atoms with van der Waals surface area (Å²) >= 11 is 0. The van der Waals surface area contributed by atoms with Crippen LogP contribution in [0.4, 0.5) is 17.1 Å². The van der Waals surface area contributed by atoms with E-state index in [0.29, 0.717) is 0 Å². The zero-order valence-electron chi connectivity index (χ0n) is 28.5. The van der Waals surface area contributed by atoms with Crippen molar-refractivity contribution in [2.75, 3.05) is 4.90 Å². The van der Waals surface area contributed by atoms with Crippen LogP contribution < -0.4 is 4.90 Å². The van der Waals surface area contributed by atoms with Gasteiger partial charge in [-0.05, 0) is 64.0 Å². The first-order chi connectivity index (χ1) is 26.3. The van der Waals surface area contributed by atoms with E-state index in [1.807, 2.05) is 0 Å². The van der Waals surface area contributed by atoms with Crippen molar-refractivity contribution in [2.24, 2.45) is 0 Å². The molecule has 5 aromatic heterocycles. The minimum absolute atomic E-state index is 0.986. The van der Waals surface area contributed by atoms with E-state index < -0.39 is 0 Å². The molecular weight excluding hydrogens is 645 g/mol. The fourth-order valence-corrected chi connectivity index (χ4v) is 9.61. The van der Waals surface area contributed by atoms with Crippen molar-refractivity contribution in [3.63, 3.8) is 0 Å². The summed E-state index contributed by atoms with van der Waals surface area (Å²) in [6.07, 6.45) is 0. The number of pyridine rings is 1. The van der Waals surface area contributed by atoms with Gasteiger partial charge in [-0.25, -0.2) is 4.98 Å². The van der Waals surface area contributed by atoms with E-state index in [-0.39, 0.29) is 0 Å². The molecule has 13 aromatic rings. The lowest BCUT2D eigenvalue weighted by Crippen LogP contribution is -2.11. The topological polar surface area (TPSA) is 25.0 Å². The van der Waals surface area contributed by atoms with Crippen LogP contribution in [0.1, 0.15) is 0 Å². The molecule has 244 valence electrons. The van der Waals surface area contributed by atoms with E-state index in [4.69, 9.17) is 4.98 Å². The van der Waals surface area contributed by atoms with Crippen molar-refractivity contribution >= 4 is 115 Å². The Bertz CT molecular complexity index is 3580. The van der Waals surface area contributed by atoms with Crippen LogP contribution in [-0.4, -0.2) is 13.8 Å². The monoisotopic (exact) mass is 672 g/mol. The largest absolute Gasteiger partial charge is 0.308 e. The van der Waals surface area contributed by atoms with E-state index in [2.05, 4.69) is 184 Å². The molecule has 0 atom stereocenters. The lowest BCUT2D eigenvalue weighted by atomic mass is 10.0. The summed E-state index contributed by atoms with van der Waals surface area (Å²) in [5.74, 6) is 0. The molecule has 0 amide bonds. The highest BCUT2D eigenvalue weighted by Crippen LogP contribution is 2.49. The molecule has 0 aliphatic heterocycles. The molecule has 5 heterocycles. The molecule has 0 unspecified atom stereocenters. The van der Waals surface area contributed by atoms with Gasteiger partial charge in [-0.2, -0.15) is 0 Å². The Morgan fingerprint density at radius 3 is 1.72 bits per heavy atom. The van der Waals surface area contributed by atoms with Crippen LogP contribution in [0.15, 0.2) is 170 Å². The number of para-hydroxylation sites is 4. The van der Waals surface area contributed by atoms with Gasteiger partial charge in [0.25, 0.3) is 0 Å². The van der Waals surface area contributed by atoms with Crippen molar-refractivity contribution in [1.29, 1.82) is 0 Å². The highest BCUT2D eigenvalue weighted by Gasteiger charge is 2.27. The van der Waals surface area contributed by atoms with Crippen LogP contribution in [0.25, 0.3) is 98.0 Å². The number of nitrogens with zero attached hydrogens (tertiary/aromatic N) is 4. The maximum Gasteiger partial charge on any atom is 0.146 e. The third-order valence-electron chi connectivity index (χ3n) is 11.7. The number of anilines is 3. The summed E-state index contributed by atoms with van der Waals surface area (Å²) in [5.41, 5.74) is 11.4. The number of aromatic nitrogens is 3. The molecule has 0 bridgehead atoms. The average molecular weight is 673 g/mol. The number of rotatable bonds is 3. The second-order valence-electron chi connectivity index (χ2n) is 14.3. The molecule has 0 aliphatic carbocycles. The maximum absolute atomic E-state index is 5.73. The van der Waals surface area contributed by atoms with Gasteiger partial charge in [0.15, 0.2) is 0 Å². The van der Waals surface area contributed by atoms with Crippen LogP contribution in [-0.2, 0) is 0 Å². The van der Waals surface area contributed by atoms with E-state index in [1.165, 1.54) is 75.8 Å². The van der Waals surface area contributed by atoms with E-state index >= 15 is 0 Å². The van der Waals surface area contributed by atoms with E-state index in [1.54, 1.807) is 0 Å². The fourth-order valence-electron chi connectivity index (χ4n) is 9.61. The number of hydrogen-bond donors (Lipinski definition) is 0. The molecular formula is C49H28N4. The average Bonchev–Trinajstić information content (AvgIpc) is 3.95. The molecule has 13 rings (SSSR count). The normalized spacial score (nSPS) is 12.5. The van der Waals surface area contributed by atoms with Crippen LogP contribution in [0.2, 0.25) is 0 Å².